The molecule has 0 radical (unpaired) electrons. The molecule has 0 atom stereocenters. The molecule has 0 spiro atoms. The third-order valence-electron chi connectivity index (χ3n) is 3.74. The standard InChI is InChI=1S/C12H21N2P/c1-12(11-10-13-14-15-11)8-6-4-2-3-5-7-9-12/h10H,2-9H2,1H3,(H,13,14). The molecule has 15 heavy (non-hydrogen) atoms. The van der Waals surface area contributed by atoms with Crippen LogP contribution in [0.2, 0.25) is 0 Å². The van der Waals surface area contributed by atoms with Crippen LogP contribution in [0.3, 0.4) is 0 Å². The van der Waals surface area contributed by atoms with Crippen molar-refractivity contribution in [2.75, 3.05) is 0 Å². The number of hydrogen-bond donors (Lipinski definition) is 1. The van der Waals surface area contributed by atoms with Crippen LogP contribution in [0.5, 0.6) is 0 Å². The van der Waals surface area contributed by atoms with E-state index in [1.807, 2.05) is 0 Å². The predicted molar refractivity (Wildman–Crippen MR) is 65.4 cm³/mol. The number of nitrogens with one attached hydrogen (secondary N) is 1. The molecule has 1 saturated carbocycles. The third kappa shape index (κ3) is 2.81. The van der Waals surface area contributed by atoms with Crippen LogP contribution in [0.4, 0.5) is 0 Å². The van der Waals surface area contributed by atoms with E-state index in [2.05, 4.69) is 23.1 Å². The Bertz CT molecular complexity index is 272. The fraction of sp³-hybridized carbons (Fsp3) is 0.833. The Labute approximate surface area is 94.0 Å². The summed E-state index contributed by atoms with van der Waals surface area (Å²) in [5, 5.41) is 5.64. The monoisotopic (exact) mass is 224 g/mol. The van der Waals surface area contributed by atoms with E-state index in [1.54, 1.807) is 0 Å². The van der Waals surface area contributed by atoms with E-state index in [1.165, 1.54) is 65.0 Å². The van der Waals surface area contributed by atoms with Crippen molar-refractivity contribution in [3.63, 3.8) is 0 Å². The fourth-order valence-electron chi connectivity index (χ4n) is 2.61. The summed E-state index contributed by atoms with van der Waals surface area (Å²) in [7, 11) is 1.23. The summed E-state index contributed by atoms with van der Waals surface area (Å²) < 4.78 is 0. The van der Waals surface area contributed by atoms with Gasteiger partial charge in [0.25, 0.3) is 0 Å². The van der Waals surface area contributed by atoms with Gasteiger partial charge in [0.1, 0.15) is 0 Å². The zero-order chi connectivity index (χ0) is 10.6. The number of H-pyrrole nitrogens is 1. The summed E-state index contributed by atoms with van der Waals surface area (Å²) in [4.78, 5) is 3.05. The van der Waals surface area contributed by atoms with Gasteiger partial charge in [0.15, 0.2) is 0 Å². The Kier molecular flexibility index (Phi) is 3.80. The van der Waals surface area contributed by atoms with Crippen LogP contribution >= 0.6 is 8.35 Å². The molecular formula is C12H21N2P. The van der Waals surface area contributed by atoms with Gasteiger partial charge in [0, 0.05) is 13.6 Å². The zero-order valence-electron chi connectivity index (χ0n) is 9.63. The van der Waals surface area contributed by atoms with Crippen LogP contribution in [-0.2, 0) is 5.41 Å². The molecule has 1 aromatic heterocycles. The first-order valence-corrected chi connectivity index (χ1v) is 7.07. The zero-order valence-corrected chi connectivity index (χ0v) is 10.5. The topological polar surface area (TPSA) is 28.7 Å². The van der Waals surface area contributed by atoms with Gasteiger partial charge in [-0.1, -0.05) is 45.4 Å². The minimum Gasteiger partial charge on any atom is -0.260 e. The molecule has 0 unspecified atom stereocenters. The van der Waals surface area contributed by atoms with Crippen molar-refractivity contribution in [1.82, 2.24) is 9.96 Å². The van der Waals surface area contributed by atoms with Gasteiger partial charge >= 0.3 is 0 Å². The first-order valence-electron chi connectivity index (χ1n) is 6.17. The minimum absolute atomic E-state index is 0.416. The maximum absolute atomic E-state index is 4.14. The normalized spacial score (nSPS) is 23.3. The fourth-order valence-corrected chi connectivity index (χ4v) is 3.44. The van der Waals surface area contributed by atoms with Gasteiger partial charge in [-0.3, -0.25) is 4.86 Å². The Morgan fingerprint density at radius 2 is 1.73 bits per heavy atom. The SMILES string of the molecule is CC1(c2cn[nH]p2)CCCCCCCC1. The molecule has 0 bridgehead atoms. The van der Waals surface area contributed by atoms with E-state index in [-0.39, 0.29) is 0 Å². The second-order valence-electron chi connectivity index (χ2n) is 5.04. The van der Waals surface area contributed by atoms with Crippen LogP contribution in [-0.4, -0.2) is 9.96 Å². The van der Waals surface area contributed by atoms with Gasteiger partial charge in [0.2, 0.25) is 0 Å². The van der Waals surface area contributed by atoms with E-state index < -0.39 is 0 Å². The summed E-state index contributed by atoms with van der Waals surface area (Å²) in [6, 6.07) is 0. The van der Waals surface area contributed by atoms with Crippen LogP contribution < -0.4 is 0 Å². The second-order valence-corrected chi connectivity index (χ2v) is 5.94. The van der Waals surface area contributed by atoms with Crippen LogP contribution in [0.1, 0.15) is 63.6 Å². The summed E-state index contributed by atoms with van der Waals surface area (Å²) in [6.45, 7) is 2.43. The van der Waals surface area contributed by atoms with Crippen LogP contribution in [0.25, 0.3) is 0 Å². The lowest BCUT2D eigenvalue weighted by molar-refractivity contribution is 0.388. The number of nitrogens with zero attached hydrogens (tertiary/aromatic N) is 1. The van der Waals surface area contributed by atoms with Crippen molar-refractivity contribution in [2.24, 2.45) is 0 Å². The van der Waals surface area contributed by atoms with E-state index >= 15 is 0 Å². The largest absolute Gasteiger partial charge is 0.260 e. The summed E-state index contributed by atoms with van der Waals surface area (Å²) >= 11 is 0. The highest BCUT2D eigenvalue weighted by atomic mass is 31.0. The molecule has 2 rings (SSSR count). The van der Waals surface area contributed by atoms with Crippen LogP contribution in [0, 0.1) is 0 Å². The quantitative estimate of drug-likeness (QED) is 0.753. The number of aromatic nitrogens is 2. The highest BCUT2D eigenvalue weighted by molar-refractivity contribution is 7.26. The summed E-state index contributed by atoms with van der Waals surface area (Å²) in [5.74, 6) is 0. The molecule has 3 heteroatoms. The molecule has 1 aliphatic rings. The van der Waals surface area contributed by atoms with Gasteiger partial charge < -0.3 is 0 Å². The Hall–Kier alpha value is -0.360. The molecule has 84 valence electrons. The average molecular weight is 224 g/mol. The van der Waals surface area contributed by atoms with E-state index in [9.17, 15) is 0 Å². The Morgan fingerprint density at radius 3 is 2.27 bits per heavy atom. The number of hydrogen-bond acceptors (Lipinski definition) is 1. The molecular weight excluding hydrogens is 203 g/mol. The molecule has 0 amide bonds. The molecule has 0 saturated heterocycles. The van der Waals surface area contributed by atoms with Crippen LogP contribution in [0.15, 0.2) is 6.20 Å². The molecule has 1 heterocycles. The van der Waals surface area contributed by atoms with Gasteiger partial charge in [-0.05, 0) is 18.3 Å². The molecule has 1 aromatic rings. The number of aromatic amines is 1. The van der Waals surface area contributed by atoms with Gasteiger partial charge in [-0.2, -0.15) is 5.10 Å². The molecule has 2 nitrogen and oxygen atoms in total. The first kappa shape index (κ1) is 11.1. The van der Waals surface area contributed by atoms with Crippen molar-refractivity contribution >= 4 is 8.35 Å². The second kappa shape index (κ2) is 5.12. The molecule has 0 aromatic carbocycles. The van der Waals surface area contributed by atoms with Gasteiger partial charge in [-0.15, -0.1) is 0 Å². The first-order chi connectivity index (χ1) is 7.31. The van der Waals surface area contributed by atoms with E-state index in [0.29, 0.717) is 5.41 Å². The maximum atomic E-state index is 4.14. The third-order valence-corrected chi connectivity index (χ3v) is 4.85. The highest BCUT2D eigenvalue weighted by Crippen LogP contribution is 2.39. The smallest absolute Gasteiger partial charge is 0.0573 e. The van der Waals surface area contributed by atoms with Crippen molar-refractivity contribution in [3.8, 4) is 0 Å². The Morgan fingerprint density at radius 1 is 1.13 bits per heavy atom. The van der Waals surface area contributed by atoms with E-state index in [4.69, 9.17) is 0 Å². The van der Waals surface area contributed by atoms with Crippen molar-refractivity contribution in [2.45, 2.75) is 63.7 Å². The number of rotatable bonds is 1. The highest BCUT2D eigenvalue weighted by Gasteiger charge is 2.27. The Balaban J connectivity index is 2.09. The molecule has 1 N–H and O–H groups in total. The van der Waals surface area contributed by atoms with Crippen molar-refractivity contribution in [1.29, 1.82) is 0 Å². The predicted octanol–water partition coefficient (Wildman–Crippen LogP) is 4.38. The lowest BCUT2D eigenvalue weighted by Gasteiger charge is -2.27. The van der Waals surface area contributed by atoms with Crippen molar-refractivity contribution in [3.05, 3.63) is 11.5 Å². The molecule has 1 fully saturated rings. The average Bonchev–Trinajstić information content (AvgIpc) is 2.75. The molecule has 1 aliphatic carbocycles. The van der Waals surface area contributed by atoms with Crippen molar-refractivity contribution < 1.29 is 0 Å². The molecule has 0 aliphatic heterocycles. The lowest BCUT2D eigenvalue weighted by atomic mass is 9.79. The lowest BCUT2D eigenvalue weighted by Crippen LogP contribution is -2.20. The summed E-state index contributed by atoms with van der Waals surface area (Å²) in [5.41, 5.74) is 0.416. The van der Waals surface area contributed by atoms with Gasteiger partial charge in [0.05, 0.1) is 6.20 Å². The van der Waals surface area contributed by atoms with E-state index in [0.717, 1.165) is 0 Å². The van der Waals surface area contributed by atoms with Gasteiger partial charge in [-0.25, -0.2) is 0 Å². The minimum atomic E-state index is 0.416. The summed E-state index contributed by atoms with van der Waals surface area (Å²) in [6.07, 6.45) is 13.3. The maximum Gasteiger partial charge on any atom is 0.0573 e.